The Bertz CT molecular complexity index is 220. The number of anilines is 1. The van der Waals surface area contributed by atoms with Crippen molar-refractivity contribution in [3.63, 3.8) is 0 Å². The van der Waals surface area contributed by atoms with Gasteiger partial charge in [0, 0.05) is 17.1 Å². The lowest BCUT2D eigenvalue weighted by Gasteiger charge is -2.11. The maximum absolute atomic E-state index is 5.83. The average molecular weight is 174 g/mol. The molecule has 0 spiro atoms. The topological polar surface area (TPSA) is 12.0 Å². The molecule has 1 N–H and O–H groups in total. The van der Waals surface area contributed by atoms with Crippen LogP contribution < -0.4 is 5.32 Å². The molecule has 1 aromatic heterocycles. The van der Waals surface area contributed by atoms with Gasteiger partial charge in [-0.25, -0.2) is 0 Å². The van der Waals surface area contributed by atoms with Crippen molar-refractivity contribution in [1.29, 1.82) is 0 Å². The van der Waals surface area contributed by atoms with Crippen molar-refractivity contribution in [3.8, 4) is 0 Å². The molecule has 0 fully saturated rings. The largest absolute Gasteiger partial charge is 0.384 e. The number of hydrogen-bond donors (Lipinski definition) is 1. The molecule has 0 aromatic carbocycles. The molecular formula is C7H8ClNS. The smallest absolute Gasteiger partial charge is 0.0952 e. The molecule has 10 heavy (non-hydrogen) atoms. The second-order valence-corrected chi connectivity index (χ2v) is 4.19. The van der Waals surface area contributed by atoms with E-state index in [0.717, 1.165) is 10.9 Å². The summed E-state index contributed by atoms with van der Waals surface area (Å²) in [6.45, 7) is 1.10. The van der Waals surface area contributed by atoms with Crippen molar-refractivity contribution in [2.75, 3.05) is 11.9 Å². The van der Waals surface area contributed by atoms with E-state index in [-0.39, 0.29) is 0 Å². The van der Waals surface area contributed by atoms with E-state index in [2.05, 4.69) is 5.32 Å². The third kappa shape index (κ3) is 1.02. The molecule has 0 saturated carbocycles. The SMILES string of the molecule is Clc1cc2c(s1)CCCN2. The Morgan fingerprint density at radius 2 is 2.50 bits per heavy atom. The number of halogens is 1. The number of rotatable bonds is 0. The molecule has 0 unspecified atom stereocenters. The van der Waals surface area contributed by atoms with E-state index in [1.165, 1.54) is 23.4 Å². The maximum Gasteiger partial charge on any atom is 0.0952 e. The van der Waals surface area contributed by atoms with Gasteiger partial charge in [0.05, 0.1) is 4.34 Å². The summed E-state index contributed by atoms with van der Waals surface area (Å²) in [4.78, 5) is 1.41. The summed E-state index contributed by atoms with van der Waals surface area (Å²) in [7, 11) is 0. The lowest BCUT2D eigenvalue weighted by atomic mass is 10.2. The molecule has 1 nitrogen and oxygen atoms in total. The molecule has 1 aromatic rings. The molecule has 0 bridgehead atoms. The molecule has 1 aliphatic heterocycles. The first-order chi connectivity index (χ1) is 4.86. The molecular weight excluding hydrogens is 166 g/mol. The van der Waals surface area contributed by atoms with E-state index >= 15 is 0 Å². The summed E-state index contributed by atoms with van der Waals surface area (Å²) in [5.41, 5.74) is 1.25. The molecule has 2 rings (SSSR count). The summed E-state index contributed by atoms with van der Waals surface area (Å²) < 4.78 is 0.902. The summed E-state index contributed by atoms with van der Waals surface area (Å²) in [6, 6.07) is 2.01. The third-order valence-corrected chi connectivity index (χ3v) is 3.00. The summed E-state index contributed by atoms with van der Waals surface area (Å²) in [5, 5.41) is 3.31. The van der Waals surface area contributed by atoms with Crippen LogP contribution in [-0.2, 0) is 6.42 Å². The van der Waals surface area contributed by atoms with Crippen molar-refractivity contribution < 1.29 is 0 Å². The Labute approximate surface area is 69.0 Å². The zero-order chi connectivity index (χ0) is 6.97. The predicted octanol–water partition coefficient (Wildman–Crippen LogP) is 2.76. The Balaban J connectivity index is 2.41. The highest BCUT2D eigenvalue weighted by molar-refractivity contribution is 7.16. The first-order valence-corrected chi connectivity index (χ1v) is 4.58. The minimum absolute atomic E-state index is 0.902. The van der Waals surface area contributed by atoms with Gasteiger partial charge in [-0.1, -0.05) is 11.6 Å². The minimum atomic E-state index is 0.902. The fraction of sp³-hybridized carbons (Fsp3) is 0.429. The molecule has 0 atom stereocenters. The van der Waals surface area contributed by atoms with Crippen LogP contribution in [0.15, 0.2) is 6.07 Å². The third-order valence-electron chi connectivity index (χ3n) is 1.67. The molecule has 0 radical (unpaired) electrons. The van der Waals surface area contributed by atoms with Crippen LogP contribution in [0.25, 0.3) is 0 Å². The lowest BCUT2D eigenvalue weighted by Crippen LogP contribution is -2.08. The molecule has 2 heterocycles. The Hall–Kier alpha value is -0.210. The van der Waals surface area contributed by atoms with E-state index in [0.29, 0.717) is 0 Å². The zero-order valence-corrected chi connectivity index (χ0v) is 7.06. The van der Waals surface area contributed by atoms with Crippen molar-refractivity contribution in [2.24, 2.45) is 0 Å². The van der Waals surface area contributed by atoms with E-state index < -0.39 is 0 Å². The first-order valence-electron chi connectivity index (χ1n) is 3.38. The normalized spacial score (nSPS) is 16.1. The van der Waals surface area contributed by atoms with Gasteiger partial charge in [-0.05, 0) is 18.9 Å². The highest BCUT2D eigenvalue weighted by atomic mass is 35.5. The Morgan fingerprint density at radius 1 is 1.60 bits per heavy atom. The predicted molar refractivity (Wildman–Crippen MR) is 46.1 cm³/mol. The lowest BCUT2D eigenvalue weighted by molar-refractivity contribution is 0.846. The van der Waals surface area contributed by atoms with E-state index in [4.69, 9.17) is 11.6 Å². The summed E-state index contributed by atoms with van der Waals surface area (Å²) in [5.74, 6) is 0. The van der Waals surface area contributed by atoms with Gasteiger partial charge < -0.3 is 5.32 Å². The zero-order valence-electron chi connectivity index (χ0n) is 5.48. The number of hydrogen-bond acceptors (Lipinski definition) is 2. The van der Waals surface area contributed by atoms with Crippen LogP contribution in [0.5, 0.6) is 0 Å². The van der Waals surface area contributed by atoms with Gasteiger partial charge in [-0.15, -0.1) is 11.3 Å². The monoisotopic (exact) mass is 173 g/mol. The van der Waals surface area contributed by atoms with E-state index in [1.807, 2.05) is 6.07 Å². The van der Waals surface area contributed by atoms with E-state index in [9.17, 15) is 0 Å². The number of nitrogens with one attached hydrogen (secondary N) is 1. The van der Waals surface area contributed by atoms with Gasteiger partial charge in [0.2, 0.25) is 0 Å². The molecule has 1 aliphatic rings. The van der Waals surface area contributed by atoms with Crippen LogP contribution in [0, 0.1) is 0 Å². The molecule has 0 aliphatic carbocycles. The van der Waals surface area contributed by atoms with Crippen LogP contribution >= 0.6 is 22.9 Å². The van der Waals surface area contributed by atoms with Gasteiger partial charge in [-0.3, -0.25) is 0 Å². The first kappa shape index (κ1) is 6.50. The van der Waals surface area contributed by atoms with Crippen LogP contribution in [0.4, 0.5) is 5.69 Å². The van der Waals surface area contributed by atoms with E-state index in [1.54, 1.807) is 11.3 Å². The van der Waals surface area contributed by atoms with Crippen LogP contribution in [0.3, 0.4) is 0 Å². The maximum atomic E-state index is 5.83. The fourth-order valence-electron chi connectivity index (χ4n) is 1.20. The molecule has 3 heteroatoms. The molecule has 0 amide bonds. The van der Waals surface area contributed by atoms with Gasteiger partial charge in [0.25, 0.3) is 0 Å². The van der Waals surface area contributed by atoms with Crippen molar-refractivity contribution in [3.05, 3.63) is 15.3 Å². The van der Waals surface area contributed by atoms with Crippen molar-refractivity contribution in [1.82, 2.24) is 0 Å². The number of thiophene rings is 1. The average Bonchev–Trinajstić information content (AvgIpc) is 2.27. The van der Waals surface area contributed by atoms with Gasteiger partial charge in [0.15, 0.2) is 0 Å². The van der Waals surface area contributed by atoms with Gasteiger partial charge in [-0.2, -0.15) is 0 Å². The number of aryl methyl sites for hydroxylation is 1. The highest BCUT2D eigenvalue weighted by Crippen LogP contribution is 2.33. The van der Waals surface area contributed by atoms with Crippen LogP contribution in [-0.4, -0.2) is 6.54 Å². The van der Waals surface area contributed by atoms with Gasteiger partial charge in [0.1, 0.15) is 0 Å². The Kier molecular flexibility index (Phi) is 1.58. The highest BCUT2D eigenvalue weighted by Gasteiger charge is 2.10. The van der Waals surface area contributed by atoms with Crippen LogP contribution in [0.2, 0.25) is 4.34 Å². The van der Waals surface area contributed by atoms with Crippen molar-refractivity contribution >= 4 is 28.6 Å². The van der Waals surface area contributed by atoms with Crippen LogP contribution in [0.1, 0.15) is 11.3 Å². The second kappa shape index (κ2) is 2.44. The molecule has 54 valence electrons. The second-order valence-electron chi connectivity index (χ2n) is 2.42. The standard InChI is InChI=1S/C7H8ClNS/c8-7-4-5-6(10-7)2-1-3-9-5/h4,9H,1-3H2. The number of fused-ring (bicyclic) bond motifs is 1. The van der Waals surface area contributed by atoms with Crippen molar-refractivity contribution in [2.45, 2.75) is 12.8 Å². The summed E-state index contributed by atoms with van der Waals surface area (Å²) >= 11 is 7.52. The summed E-state index contributed by atoms with van der Waals surface area (Å²) in [6.07, 6.45) is 2.43. The quantitative estimate of drug-likeness (QED) is 0.636. The van der Waals surface area contributed by atoms with Gasteiger partial charge >= 0.3 is 0 Å². The minimum Gasteiger partial charge on any atom is -0.384 e. The molecule has 0 saturated heterocycles. The fourth-order valence-corrected chi connectivity index (χ4v) is 2.49. The Morgan fingerprint density at radius 3 is 3.30 bits per heavy atom.